The molecule has 1 aromatic heterocycles. The van der Waals surface area contributed by atoms with Crippen molar-refractivity contribution in [3.63, 3.8) is 0 Å². The molecule has 5 heteroatoms. The average Bonchev–Trinajstić information content (AvgIpc) is 2.28. The van der Waals surface area contributed by atoms with E-state index in [0.717, 1.165) is 37.1 Å². The molecular weight excluding hydrogens is 226 g/mol. The molecule has 102 valence electrons. The van der Waals surface area contributed by atoms with Crippen LogP contribution >= 0.6 is 0 Å². The minimum absolute atomic E-state index is 0.566. The van der Waals surface area contributed by atoms with Crippen LogP contribution in [0, 0.1) is 6.92 Å². The fourth-order valence-electron chi connectivity index (χ4n) is 1.55. The van der Waals surface area contributed by atoms with Crippen molar-refractivity contribution in [1.82, 2.24) is 14.9 Å². The van der Waals surface area contributed by atoms with Gasteiger partial charge in [0, 0.05) is 31.7 Å². The molecule has 0 aliphatic carbocycles. The normalized spacial score (nSPS) is 11.1. The maximum Gasteiger partial charge on any atom is 0.131 e. The van der Waals surface area contributed by atoms with Gasteiger partial charge >= 0.3 is 0 Å². The first-order valence-electron chi connectivity index (χ1n) is 6.56. The highest BCUT2D eigenvalue weighted by Gasteiger charge is 2.04. The molecule has 2 N–H and O–H groups in total. The molecule has 0 aliphatic heterocycles. The van der Waals surface area contributed by atoms with E-state index in [1.165, 1.54) is 0 Å². The van der Waals surface area contributed by atoms with Gasteiger partial charge in [-0.25, -0.2) is 9.97 Å². The number of likely N-dealkylation sites (N-methyl/N-ethyl adjacent to an activating group) is 1. The van der Waals surface area contributed by atoms with Crippen molar-refractivity contribution in [2.24, 2.45) is 0 Å². The molecule has 0 saturated heterocycles. The van der Waals surface area contributed by atoms with Gasteiger partial charge in [0.2, 0.25) is 0 Å². The molecule has 1 aromatic rings. The molecule has 0 spiro atoms. The largest absolute Gasteiger partial charge is 0.370 e. The van der Waals surface area contributed by atoms with Crippen molar-refractivity contribution in [3.8, 4) is 0 Å². The molecule has 0 saturated carbocycles. The summed E-state index contributed by atoms with van der Waals surface area (Å²) in [6, 6.07) is 2.52. The van der Waals surface area contributed by atoms with E-state index >= 15 is 0 Å². The standard InChI is InChI=1S/C13H25N5/c1-6-14-12-9-13(17-11(4)16-12)15-7-8-18(5)10(2)3/h9-10H,6-8H2,1-5H3,(H2,14,15,16,17). The van der Waals surface area contributed by atoms with Gasteiger partial charge in [0.15, 0.2) is 0 Å². The third-order valence-electron chi connectivity index (χ3n) is 2.85. The van der Waals surface area contributed by atoms with Gasteiger partial charge < -0.3 is 15.5 Å². The molecule has 0 bridgehead atoms. The van der Waals surface area contributed by atoms with Crippen LogP contribution in [-0.2, 0) is 0 Å². The summed E-state index contributed by atoms with van der Waals surface area (Å²) in [6.07, 6.45) is 0. The highest BCUT2D eigenvalue weighted by molar-refractivity contribution is 5.47. The lowest BCUT2D eigenvalue weighted by molar-refractivity contribution is 0.284. The second kappa shape index (κ2) is 7.16. The Morgan fingerprint density at radius 1 is 1.22 bits per heavy atom. The van der Waals surface area contributed by atoms with Gasteiger partial charge in [-0.3, -0.25) is 0 Å². The smallest absolute Gasteiger partial charge is 0.131 e. The Kier molecular flexibility index (Phi) is 5.85. The third-order valence-corrected chi connectivity index (χ3v) is 2.85. The Morgan fingerprint density at radius 3 is 2.39 bits per heavy atom. The van der Waals surface area contributed by atoms with Crippen LogP contribution in [0.5, 0.6) is 0 Å². The quantitative estimate of drug-likeness (QED) is 0.776. The van der Waals surface area contributed by atoms with Crippen molar-refractivity contribution >= 4 is 11.6 Å². The molecule has 0 amide bonds. The Hall–Kier alpha value is -1.36. The van der Waals surface area contributed by atoms with Crippen molar-refractivity contribution in [3.05, 3.63) is 11.9 Å². The monoisotopic (exact) mass is 251 g/mol. The van der Waals surface area contributed by atoms with Gasteiger partial charge in [-0.1, -0.05) is 0 Å². The zero-order valence-corrected chi connectivity index (χ0v) is 12.1. The summed E-state index contributed by atoms with van der Waals surface area (Å²) in [5, 5.41) is 6.54. The number of aromatic nitrogens is 2. The molecule has 1 rings (SSSR count). The van der Waals surface area contributed by atoms with Crippen molar-refractivity contribution < 1.29 is 0 Å². The summed E-state index contributed by atoms with van der Waals surface area (Å²) in [4.78, 5) is 11.0. The second-order valence-corrected chi connectivity index (χ2v) is 4.72. The Morgan fingerprint density at radius 2 is 1.83 bits per heavy atom. The predicted molar refractivity (Wildman–Crippen MR) is 77.2 cm³/mol. The van der Waals surface area contributed by atoms with Crippen LogP contribution in [0.2, 0.25) is 0 Å². The number of hydrogen-bond donors (Lipinski definition) is 2. The van der Waals surface area contributed by atoms with E-state index in [4.69, 9.17) is 0 Å². The van der Waals surface area contributed by atoms with E-state index < -0.39 is 0 Å². The molecule has 0 unspecified atom stereocenters. The van der Waals surface area contributed by atoms with E-state index in [1.807, 2.05) is 13.0 Å². The van der Waals surface area contributed by atoms with E-state index in [2.05, 4.69) is 53.3 Å². The molecular formula is C13H25N5. The molecule has 1 heterocycles. The van der Waals surface area contributed by atoms with Crippen LogP contribution in [0.4, 0.5) is 11.6 Å². The first-order valence-corrected chi connectivity index (χ1v) is 6.56. The van der Waals surface area contributed by atoms with Gasteiger partial charge in [-0.15, -0.1) is 0 Å². The van der Waals surface area contributed by atoms with E-state index in [1.54, 1.807) is 0 Å². The fourth-order valence-corrected chi connectivity index (χ4v) is 1.55. The lowest BCUT2D eigenvalue weighted by Crippen LogP contribution is -2.31. The number of aryl methyl sites for hydroxylation is 1. The summed E-state index contributed by atoms with van der Waals surface area (Å²) in [5.74, 6) is 2.55. The zero-order valence-electron chi connectivity index (χ0n) is 12.1. The minimum Gasteiger partial charge on any atom is -0.370 e. The maximum absolute atomic E-state index is 4.38. The van der Waals surface area contributed by atoms with E-state index in [-0.39, 0.29) is 0 Å². The molecule has 0 fully saturated rings. The Bertz CT molecular complexity index is 364. The van der Waals surface area contributed by atoms with Crippen molar-refractivity contribution in [2.45, 2.75) is 33.7 Å². The van der Waals surface area contributed by atoms with Gasteiger partial charge in [0.25, 0.3) is 0 Å². The minimum atomic E-state index is 0.566. The van der Waals surface area contributed by atoms with Crippen LogP contribution in [0.15, 0.2) is 6.07 Å². The molecule has 0 aromatic carbocycles. The predicted octanol–water partition coefficient (Wildman–Crippen LogP) is 1.97. The van der Waals surface area contributed by atoms with Gasteiger partial charge in [-0.2, -0.15) is 0 Å². The summed E-state index contributed by atoms with van der Waals surface area (Å²) < 4.78 is 0. The maximum atomic E-state index is 4.38. The molecule has 0 radical (unpaired) electrons. The summed E-state index contributed by atoms with van der Waals surface area (Å²) in [6.45, 7) is 11.1. The third kappa shape index (κ3) is 4.87. The van der Waals surface area contributed by atoms with Crippen LogP contribution in [0.3, 0.4) is 0 Å². The molecule has 0 atom stereocenters. The summed E-state index contributed by atoms with van der Waals surface area (Å²) in [5.41, 5.74) is 0. The number of hydrogen-bond acceptors (Lipinski definition) is 5. The number of anilines is 2. The van der Waals surface area contributed by atoms with Gasteiger partial charge in [-0.05, 0) is 34.7 Å². The zero-order chi connectivity index (χ0) is 13.5. The fraction of sp³-hybridized carbons (Fsp3) is 0.692. The topological polar surface area (TPSA) is 53.1 Å². The highest BCUT2D eigenvalue weighted by Crippen LogP contribution is 2.10. The van der Waals surface area contributed by atoms with Crippen molar-refractivity contribution in [1.29, 1.82) is 0 Å². The van der Waals surface area contributed by atoms with Gasteiger partial charge in [0.1, 0.15) is 17.5 Å². The van der Waals surface area contributed by atoms with E-state index in [9.17, 15) is 0 Å². The first kappa shape index (κ1) is 14.7. The number of nitrogens with one attached hydrogen (secondary N) is 2. The van der Waals surface area contributed by atoms with Gasteiger partial charge in [0.05, 0.1) is 0 Å². The van der Waals surface area contributed by atoms with Crippen molar-refractivity contribution in [2.75, 3.05) is 37.3 Å². The summed E-state index contributed by atoms with van der Waals surface area (Å²) >= 11 is 0. The second-order valence-electron chi connectivity index (χ2n) is 4.72. The van der Waals surface area contributed by atoms with Crippen LogP contribution in [0.25, 0.3) is 0 Å². The molecule has 0 aliphatic rings. The van der Waals surface area contributed by atoms with E-state index in [0.29, 0.717) is 6.04 Å². The van der Waals surface area contributed by atoms with Crippen LogP contribution in [0.1, 0.15) is 26.6 Å². The van der Waals surface area contributed by atoms with Crippen LogP contribution in [-0.4, -0.2) is 47.6 Å². The SMILES string of the molecule is CCNc1cc(NCCN(C)C(C)C)nc(C)n1. The Balaban J connectivity index is 2.51. The van der Waals surface area contributed by atoms with Crippen LogP contribution < -0.4 is 10.6 Å². The number of nitrogens with zero attached hydrogens (tertiary/aromatic N) is 3. The average molecular weight is 251 g/mol. The lowest BCUT2D eigenvalue weighted by atomic mass is 10.3. The first-order chi connectivity index (χ1) is 8.52. The summed E-state index contributed by atoms with van der Waals surface area (Å²) in [7, 11) is 2.13. The number of rotatable bonds is 7. The molecule has 5 nitrogen and oxygen atoms in total. The highest BCUT2D eigenvalue weighted by atomic mass is 15.1. The lowest BCUT2D eigenvalue weighted by Gasteiger charge is -2.21. The molecule has 18 heavy (non-hydrogen) atoms. The Labute approximate surface area is 110 Å².